The van der Waals surface area contributed by atoms with E-state index < -0.39 is 6.61 Å². The smallest absolute Gasteiger partial charge is 0.387 e. The maximum absolute atomic E-state index is 12.6. The van der Waals surface area contributed by atoms with Gasteiger partial charge in [0.25, 0.3) is 0 Å². The van der Waals surface area contributed by atoms with Crippen LogP contribution in [-0.2, 0) is 6.54 Å². The number of aliphatic imine (C=N–C) groups is 1. The molecule has 0 saturated carbocycles. The van der Waals surface area contributed by atoms with Gasteiger partial charge in [0.15, 0.2) is 5.96 Å². The molecule has 1 heterocycles. The van der Waals surface area contributed by atoms with Crippen molar-refractivity contribution in [2.24, 2.45) is 4.99 Å². The quantitative estimate of drug-likeness (QED) is 0.176. The first-order valence-corrected chi connectivity index (χ1v) is 9.33. The minimum Gasteiger partial charge on any atom is -0.497 e. The molecule has 1 aromatic carbocycles. The fourth-order valence-electron chi connectivity index (χ4n) is 2.57. The topological polar surface area (TPSA) is 79.8 Å². The third-order valence-electron chi connectivity index (χ3n) is 4.02. The predicted molar refractivity (Wildman–Crippen MR) is 125 cm³/mol. The molecule has 1 aromatic heterocycles. The van der Waals surface area contributed by atoms with Gasteiger partial charge in [-0.1, -0.05) is 6.07 Å². The van der Waals surface area contributed by atoms with E-state index in [1.54, 1.807) is 25.4 Å². The molecule has 10 heteroatoms. The van der Waals surface area contributed by atoms with Gasteiger partial charge in [-0.05, 0) is 43.2 Å². The van der Waals surface area contributed by atoms with Crippen molar-refractivity contribution < 1.29 is 18.3 Å². The molecular formula is C20H28F2IN5O2. The molecule has 2 aromatic rings. The number of anilines is 1. The first-order chi connectivity index (χ1) is 14.1. The largest absolute Gasteiger partial charge is 0.497 e. The van der Waals surface area contributed by atoms with Crippen LogP contribution in [0.25, 0.3) is 0 Å². The van der Waals surface area contributed by atoms with E-state index in [1.807, 2.05) is 18.2 Å². The summed E-state index contributed by atoms with van der Waals surface area (Å²) in [5, 5.41) is 9.56. The van der Waals surface area contributed by atoms with Crippen LogP contribution >= 0.6 is 24.0 Å². The van der Waals surface area contributed by atoms with Crippen LogP contribution in [0, 0.1) is 0 Å². The molecule has 166 valence electrons. The van der Waals surface area contributed by atoms with E-state index in [9.17, 15) is 8.78 Å². The van der Waals surface area contributed by atoms with Gasteiger partial charge in [-0.15, -0.1) is 24.0 Å². The van der Waals surface area contributed by atoms with Gasteiger partial charge in [-0.2, -0.15) is 8.78 Å². The number of rotatable bonds is 11. The second-order valence-corrected chi connectivity index (χ2v) is 6.05. The Bertz CT molecular complexity index is 766. The molecular weight excluding hydrogens is 507 g/mol. The van der Waals surface area contributed by atoms with Gasteiger partial charge in [0.1, 0.15) is 17.3 Å². The molecule has 0 aliphatic rings. The van der Waals surface area contributed by atoms with Crippen molar-refractivity contribution in [1.29, 1.82) is 0 Å². The number of halogens is 3. The molecule has 0 aliphatic heterocycles. The van der Waals surface area contributed by atoms with Crippen LogP contribution < -0.4 is 25.4 Å². The lowest BCUT2D eigenvalue weighted by molar-refractivity contribution is -0.0504. The number of nitrogens with one attached hydrogen (secondary N) is 3. The third kappa shape index (κ3) is 9.42. The van der Waals surface area contributed by atoms with Gasteiger partial charge in [0.2, 0.25) is 0 Å². The van der Waals surface area contributed by atoms with Crippen molar-refractivity contribution >= 4 is 35.8 Å². The van der Waals surface area contributed by atoms with Crippen LogP contribution in [0.1, 0.15) is 18.4 Å². The summed E-state index contributed by atoms with van der Waals surface area (Å²) in [5.41, 5.74) is 0.548. The zero-order chi connectivity index (χ0) is 20.9. The molecule has 0 radical (unpaired) electrons. The number of unbranched alkanes of at least 4 members (excludes halogenated alkanes) is 1. The summed E-state index contributed by atoms with van der Waals surface area (Å²) in [6.45, 7) is -1.08. The Morgan fingerprint density at radius 1 is 1.13 bits per heavy atom. The highest BCUT2D eigenvalue weighted by Crippen LogP contribution is 2.25. The number of alkyl halides is 2. The average molecular weight is 535 g/mol. The molecule has 7 nitrogen and oxygen atoms in total. The Hall–Kier alpha value is -2.37. The van der Waals surface area contributed by atoms with Crippen molar-refractivity contribution in [1.82, 2.24) is 15.6 Å². The Morgan fingerprint density at radius 2 is 1.93 bits per heavy atom. The lowest BCUT2D eigenvalue weighted by Gasteiger charge is -2.15. The average Bonchev–Trinajstić information content (AvgIpc) is 2.74. The maximum Gasteiger partial charge on any atom is 0.387 e. The molecule has 2 rings (SSSR count). The zero-order valence-corrected chi connectivity index (χ0v) is 19.4. The van der Waals surface area contributed by atoms with E-state index in [-0.39, 0.29) is 36.3 Å². The summed E-state index contributed by atoms with van der Waals surface area (Å²) in [6.07, 6.45) is 3.64. The Kier molecular flexibility index (Phi) is 12.5. The summed E-state index contributed by atoms with van der Waals surface area (Å²) in [5.74, 6) is 2.10. The summed E-state index contributed by atoms with van der Waals surface area (Å²) in [6, 6.07) is 10.4. The van der Waals surface area contributed by atoms with Crippen LogP contribution in [0.5, 0.6) is 11.5 Å². The van der Waals surface area contributed by atoms with Gasteiger partial charge >= 0.3 is 6.61 Å². The second-order valence-electron chi connectivity index (χ2n) is 6.05. The second kappa shape index (κ2) is 14.6. The minimum absolute atomic E-state index is 0. The Labute approximate surface area is 192 Å². The fraction of sp³-hybridized carbons (Fsp3) is 0.400. The van der Waals surface area contributed by atoms with E-state index in [4.69, 9.17) is 4.74 Å². The van der Waals surface area contributed by atoms with E-state index in [1.165, 1.54) is 13.2 Å². The van der Waals surface area contributed by atoms with Crippen LogP contribution in [0.15, 0.2) is 47.6 Å². The highest BCUT2D eigenvalue weighted by Gasteiger charge is 2.11. The minimum atomic E-state index is -2.89. The van der Waals surface area contributed by atoms with E-state index in [2.05, 4.69) is 30.7 Å². The summed E-state index contributed by atoms with van der Waals surface area (Å²) >= 11 is 0. The maximum atomic E-state index is 12.6. The number of pyridine rings is 1. The first-order valence-electron chi connectivity index (χ1n) is 9.33. The molecule has 0 amide bonds. The summed E-state index contributed by atoms with van der Waals surface area (Å²) in [4.78, 5) is 8.36. The number of hydrogen-bond donors (Lipinski definition) is 3. The van der Waals surface area contributed by atoms with E-state index >= 15 is 0 Å². The van der Waals surface area contributed by atoms with Gasteiger partial charge < -0.3 is 25.4 Å². The van der Waals surface area contributed by atoms with Crippen LogP contribution in [0.3, 0.4) is 0 Å². The van der Waals surface area contributed by atoms with Crippen LogP contribution in [0.2, 0.25) is 0 Å². The first kappa shape index (κ1) is 25.7. The summed E-state index contributed by atoms with van der Waals surface area (Å²) in [7, 11) is 3.17. The number of hydrogen-bond acceptors (Lipinski definition) is 5. The van der Waals surface area contributed by atoms with Crippen molar-refractivity contribution in [2.75, 3.05) is 32.6 Å². The Balaban J connectivity index is 0.00000450. The molecule has 30 heavy (non-hydrogen) atoms. The molecule has 0 unspecified atom stereocenters. The van der Waals surface area contributed by atoms with Gasteiger partial charge in [0, 0.05) is 38.4 Å². The monoisotopic (exact) mass is 535 g/mol. The van der Waals surface area contributed by atoms with Crippen molar-refractivity contribution in [2.45, 2.75) is 26.0 Å². The summed E-state index contributed by atoms with van der Waals surface area (Å²) < 4.78 is 34.9. The van der Waals surface area contributed by atoms with Crippen LogP contribution in [0.4, 0.5) is 14.6 Å². The number of aromatic nitrogens is 1. The van der Waals surface area contributed by atoms with Crippen LogP contribution in [-0.4, -0.2) is 44.8 Å². The highest BCUT2D eigenvalue weighted by atomic mass is 127. The molecule has 0 spiro atoms. The van der Waals surface area contributed by atoms with Crippen molar-refractivity contribution in [3.05, 3.63) is 48.2 Å². The normalized spacial score (nSPS) is 10.9. The lowest BCUT2D eigenvalue weighted by Crippen LogP contribution is -2.37. The van der Waals surface area contributed by atoms with E-state index in [0.717, 1.165) is 31.7 Å². The Morgan fingerprint density at radius 3 is 2.60 bits per heavy atom. The predicted octanol–water partition coefficient (Wildman–Crippen LogP) is 3.87. The molecule has 0 fully saturated rings. The van der Waals surface area contributed by atoms with Crippen molar-refractivity contribution in [3.63, 3.8) is 0 Å². The number of ether oxygens (including phenoxy) is 2. The lowest BCUT2D eigenvalue weighted by atomic mass is 10.2. The van der Waals surface area contributed by atoms with Gasteiger partial charge in [-0.3, -0.25) is 4.99 Å². The van der Waals surface area contributed by atoms with E-state index in [0.29, 0.717) is 17.3 Å². The standard InChI is InChI=1S/C20H27F2N5O2.HI/c1-23-20(26-12-6-5-11-25-18-7-3-4-10-24-18)27-14-15-13-16(28-2)8-9-17(15)29-19(21)22;/h3-4,7-10,13,19H,5-6,11-12,14H2,1-2H3,(H,24,25)(H2,23,26,27);1H. The SMILES string of the molecule is CN=C(NCCCCNc1ccccn1)NCc1cc(OC)ccc1OC(F)F.I. The third-order valence-corrected chi connectivity index (χ3v) is 4.02. The fourth-order valence-corrected chi connectivity index (χ4v) is 2.57. The number of benzene rings is 1. The molecule has 3 N–H and O–H groups in total. The number of nitrogens with zero attached hydrogens (tertiary/aromatic N) is 2. The highest BCUT2D eigenvalue weighted by molar-refractivity contribution is 14.0. The molecule has 0 bridgehead atoms. The van der Waals surface area contributed by atoms with Crippen molar-refractivity contribution in [3.8, 4) is 11.5 Å². The molecule has 0 aliphatic carbocycles. The number of guanidine groups is 1. The van der Waals surface area contributed by atoms with Gasteiger partial charge in [-0.25, -0.2) is 4.98 Å². The van der Waals surface area contributed by atoms with Gasteiger partial charge in [0.05, 0.1) is 7.11 Å². The number of methoxy groups -OCH3 is 1. The molecule has 0 atom stereocenters. The molecule has 0 saturated heterocycles. The zero-order valence-electron chi connectivity index (χ0n) is 17.0.